The van der Waals surface area contributed by atoms with Gasteiger partial charge in [-0.1, -0.05) is 29.8 Å². The summed E-state index contributed by atoms with van der Waals surface area (Å²) in [5.41, 5.74) is 0.796. The molecule has 0 aliphatic heterocycles. The Morgan fingerprint density at radius 1 is 1.33 bits per heavy atom. The van der Waals surface area contributed by atoms with Gasteiger partial charge >= 0.3 is 6.18 Å². The molecule has 0 aromatic heterocycles. The molecule has 0 saturated carbocycles. The number of aliphatic hydroxyl groups excluding tert-OH is 1. The molecule has 120 valence electrons. The van der Waals surface area contributed by atoms with E-state index < -0.39 is 24.7 Å². The van der Waals surface area contributed by atoms with Crippen molar-refractivity contribution < 1.29 is 23.0 Å². The summed E-state index contributed by atoms with van der Waals surface area (Å²) in [4.78, 5) is 0. The van der Waals surface area contributed by atoms with Crippen LogP contribution in [0.25, 0.3) is 0 Å². The highest BCUT2D eigenvalue weighted by Gasteiger charge is 2.29. The number of hydrogen-bond donors (Lipinski definition) is 2. The zero-order valence-corrected chi connectivity index (χ0v) is 12.4. The molecule has 3 nitrogen and oxygen atoms in total. The molecule has 0 saturated heterocycles. The van der Waals surface area contributed by atoms with Gasteiger partial charge in [0.15, 0.2) is 0 Å². The summed E-state index contributed by atoms with van der Waals surface area (Å²) < 4.78 is 41.7. The molecule has 1 rings (SSSR count). The van der Waals surface area contributed by atoms with Gasteiger partial charge in [0.2, 0.25) is 0 Å². The van der Waals surface area contributed by atoms with Crippen LogP contribution < -0.4 is 5.32 Å². The standard InChI is InChI=1S/C14H19ClF3NO2/c1-10(6-14(16,17)18)19-7-12(20)9-21-8-11-4-2-3-5-13(11)15/h2-5,10,12,19-20H,6-9H2,1H3. The lowest BCUT2D eigenvalue weighted by molar-refractivity contribution is -0.139. The summed E-state index contributed by atoms with van der Waals surface area (Å²) >= 11 is 5.94. The predicted octanol–water partition coefficient (Wildman–Crippen LogP) is 3.15. The highest BCUT2D eigenvalue weighted by molar-refractivity contribution is 6.31. The predicted molar refractivity (Wildman–Crippen MR) is 75.3 cm³/mol. The van der Waals surface area contributed by atoms with E-state index in [1.807, 2.05) is 6.07 Å². The number of aliphatic hydroxyl groups is 1. The summed E-state index contributed by atoms with van der Waals surface area (Å²) in [6.45, 7) is 1.73. The van der Waals surface area contributed by atoms with Crippen LogP contribution in [-0.2, 0) is 11.3 Å². The molecule has 2 N–H and O–H groups in total. The second-order valence-corrected chi connectivity index (χ2v) is 5.30. The Morgan fingerprint density at radius 3 is 2.62 bits per heavy atom. The van der Waals surface area contributed by atoms with Crippen molar-refractivity contribution in [3.63, 3.8) is 0 Å². The summed E-state index contributed by atoms with van der Waals surface area (Å²) in [7, 11) is 0. The van der Waals surface area contributed by atoms with Gasteiger partial charge in [0.25, 0.3) is 0 Å². The van der Waals surface area contributed by atoms with Crippen LogP contribution in [0, 0.1) is 0 Å². The van der Waals surface area contributed by atoms with Crippen LogP contribution in [0.3, 0.4) is 0 Å². The maximum absolute atomic E-state index is 12.1. The largest absolute Gasteiger partial charge is 0.390 e. The van der Waals surface area contributed by atoms with E-state index in [0.717, 1.165) is 5.56 Å². The topological polar surface area (TPSA) is 41.5 Å². The van der Waals surface area contributed by atoms with Crippen LogP contribution in [0.15, 0.2) is 24.3 Å². The van der Waals surface area contributed by atoms with Gasteiger partial charge in [-0.25, -0.2) is 0 Å². The van der Waals surface area contributed by atoms with Crippen molar-refractivity contribution in [2.45, 2.75) is 38.3 Å². The Labute approximate surface area is 127 Å². The Balaban J connectivity index is 2.20. The van der Waals surface area contributed by atoms with Crippen LogP contribution in [0.4, 0.5) is 13.2 Å². The third-order valence-electron chi connectivity index (χ3n) is 2.77. The molecule has 7 heteroatoms. The van der Waals surface area contributed by atoms with Crippen LogP contribution >= 0.6 is 11.6 Å². The monoisotopic (exact) mass is 325 g/mol. The first kappa shape index (κ1) is 18.2. The number of alkyl halides is 3. The average Bonchev–Trinajstić information content (AvgIpc) is 2.37. The van der Waals surface area contributed by atoms with Gasteiger partial charge in [0, 0.05) is 17.6 Å². The van der Waals surface area contributed by atoms with Gasteiger partial charge in [-0.3, -0.25) is 0 Å². The quantitative estimate of drug-likeness (QED) is 0.771. The Morgan fingerprint density at radius 2 is 2.00 bits per heavy atom. The molecule has 0 aliphatic carbocycles. The lowest BCUT2D eigenvalue weighted by Crippen LogP contribution is -2.38. The number of nitrogens with one attached hydrogen (secondary N) is 1. The molecule has 0 radical (unpaired) electrons. The minimum absolute atomic E-state index is 0.0248. The Hall–Kier alpha value is -0.820. The van der Waals surface area contributed by atoms with Crippen molar-refractivity contribution in [2.75, 3.05) is 13.2 Å². The number of ether oxygens (including phenoxy) is 1. The van der Waals surface area contributed by atoms with E-state index in [4.69, 9.17) is 16.3 Å². The highest BCUT2D eigenvalue weighted by Crippen LogP contribution is 2.21. The fourth-order valence-electron chi connectivity index (χ4n) is 1.74. The summed E-state index contributed by atoms with van der Waals surface area (Å²) in [5, 5.41) is 12.8. The van der Waals surface area contributed by atoms with E-state index in [1.54, 1.807) is 18.2 Å². The van der Waals surface area contributed by atoms with Crippen LogP contribution in [0.2, 0.25) is 5.02 Å². The first-order valence-corrected chi connectivity index (χ1v) is 6.95. The molecule has 0 aliphatic rings. The summed E-state index contributed by atoms with van der Waals surface area (Å²) in [5.74, 6) is 0. The Bertz CT molecular complexity index is 429. The van der Waals surface area contributed by atoms with Gasteiger partial charge in [-0.05, 0) is 18.6 Å². The zero-order chi connectivity index (χ0) is 15.9. The summed E-state index contributed by atoms with van der Waals surface area (Å²) in [6, 6.07) is 6.41. The molecule has 0 heterocycles. The molecule has 0 amide bonds. The summed E-state index contributed by atoms with van der Waals surface area (Å²) in [6.07, 6.45) is -6.01. The van der Waals surface area contributed by atoms with Crippen LogP contribution in [0.1, 0.15) is 18.9 Å². The maximum atomic E-state index is 12.1. The SMILES string of the molecule is CC(CC(F)(F)F)NCC(O)COCc1ccccc1Cl. The first-order valence-electron chi connectivity index (χ1n) is 6.57. The number of halogens is 4. The Kier molecular flexibility index (Phi) is 7.45. The van der Waals surface area contributed by atoms with Gasteiger partial charge in [-0.15, -0.1) is 0 Å². The van der Waals surface area contributed by atoms with Gasteiger partial charge in [-0.2, -0.15) is 13.2 Å². The van der Waals surface area contributed by atoms with E-state index in [0.29, 0.717) is 5.02 Å². The molecular formula is C14H19ClF3NO2. The second-order valence-electron chi connectivity index (χ2n) is 4.89. The van der Waals surface area contributed by atoms with Crippen molar-refractivity contribution >= 4 is 11.6 Å². The number of hydrogen-bond acceptors (Lipinski definition) is 3. The van der Waals surface area contributed by atoms with E-state index in [-0.39, 0.29) is 19.8 Å². The van der Waals surface area contributed by atoms with Crippen LogP contribution in [-0.4, -0.2) is 36.6 Å². The van der Waals surface area contributed by atoms with Gasteiger partial charge < -0.3 is 15.2 Å². The van der Waals surface area contributed by atoms with E-state index in [1.165, 1.54) is 6.92 Å². The first-order chi connectivity index (χ1) is 9.78. The minimum atomic E-state index is -4.21. The number of benzene rings is 1. The van der Waals surface area contributed by atoms with Crippen molar-refractivity contribution in [3.05, 3.63) is 34.9 Å². The smallest absolute Gasteiger partial charge is 0.389 e. The third kappa shape index (κ3) is 8.26. The highest BCUT2D eigenvalue weighted by atomic mass is 35.5. The van der Waals surface area contributed by atoms with Crippen molar-refractivity contribution in [3.8, 4) is 0 Å². The molecule has 1 aromatic carbocycles. The fourth-order valence-corrected chi connectivity index (χ4v) is 1.93. The maximum Gasteiger partial charge on any atom is 0.390 e. The molecule has 0 fully saturated rings. The molecule has 0 spiro atoms. The normalized spacial score (nSPS) is 15.0. The van der Waals surface area contributed by atoms with E-state index in [2.05, 4.69) is 5.32 Å². The molecule has 1 aromatic rings. The second kappa shape index (κ2) is 8.58. The lowest BCUT2D eigenvalue weighted by Gasteiger charge is -2.18. The van der Waals surface area contributed by atoms with Crippen molar-refractivity contribution in [1.29, 1.82) is 0 Å². The van der Waals surface area contributed by atoms with Crippen molar-refractivity contribution in [1.82, 2.24) is 5.32 Å². The number of rotatable bonds is 8. The minimum Gasteiger partial charge on any atom is -0.389 e. The van der Waals surface area contributed by atoms with E-state index in [9.17, 15) is 18.3 Å². The zero-order valence-electron chi connectivity index (χ0n) is 11.7. The molecule has 2 unspecified atom stereocenters. The molecule has 0 bridgehead atoms. The molecule has 2 atom stereocenters. The average molecular weight is 326 g/mol. The van der Waals surface area contributed by atoms with Crippen LogP contribution in [0.5, 0.6) is 0 Å². The lowest BCUT2D eigenvalue weighted by atomic mass is 10.2. The van der Waals surface area contributed by atoms with Crippen molar-refractivity contribution in [2.24, 2.45) is 0 Å². The van der Waals surface area contributed by atoms with E-state index >= 15 is 0 Å². The van der Waals surface area contributed by atoms with Gasteiger partial charge in [0.05, 0.1) is 25.7 Å². The molecule has 21 heavy (non-hydrogen) atoms. The van der Waals surface area contributed by atoms with Gasteiger partial charge in [0.1, 0.15) is 0 Å². The third-order valence-corrected chi connectivity index (χ3v) is 3.13. The molecular weight excluding hydrogens is 307 g/mol. The fraction of sp³-hybridized carbons (Fsp3) is 0.571.